The van der Waals surface area contributed by atoms with E-state index in [0.29, 0.717) is 5.69 Å². The Hall–Kier alpha value is -4.06. The van der Waals surface area contributed by atoms with Gasteiger partial charge >= 0.3 is 0 Å². The first-order valence-electron chi connectivity index (χ1n) is 9.05. The van der Waals surface area contributed by atoms with Gasteiger partial charge in [0.1, 0.15) is 11.5 Å². The third kappa shape index (κ3) is 3.82. The first-order chi connectivity index (χ1) is 14.2. The molecule has 144 valence electrons. The fraction of sp³-hybridized carbons (Fsp3) is 0.0435. The topological polar surface area (TPSA) is 76.4 Å². The summed E-state index contributed by atoms with van der Waals surface area (Å²) < 4.78 is 6.95. The van der Waals surface area contributed by atoms with Crippen molar-refractivity contribution in [3.63, 3.8) is 0 Å². The molecule has 0 saturated carbocycles. The number of nitrogens with zero attached hydrogens (tertiary/aromatic N) is 2. The van der Waals surface area contributed by atoms with Gasteiger partial charge in [-0.15, -0.1) is 0 Å². The molecule has 1 amide bonds. The van der Waals surface area contributed by atoms with Crippen LogP contribution in [0.5, 0.6) is 11.5 Å². The minimum absolute atomic E-state index is 0.00119. The fourth-order valence-electron chi connectivity index (χ4n) is 2.99. The van der Waals surface area contributed by atoms with E-state index in [-0.39, 0.29) is 11.4 Å². The van der Waals surface area contributed by atoms with Crippen LogP contribution in [0.3, 0.4) is 0 Å². The number of aromatic nitrogens is 2. The number of rotatable bonds is 5. The van der Waals surface area contributed by atoms with Gasteiger partial charge in [0.05, 0.1) is 24.2 Å². The molecule has 3 aromatic carbocycles. The first-order valence-corrected chi connectivity index (χ1v) is 9.05. The molecule has 4 rings (SSSR count). The molecule has 1 heterocycles. The van der Waals surface area contributed by atoms with Gasteiger partial charge in [-0.05, 0) is 54.6 Å². The van der Waals surface area contributed by atoms with Crippen LogP contribution in [0, 0.1) is 0 Å². The van der Waals surface area contributed by atoms with Gasteiger partial charge in [-0.1, -0.05) is 30.3 Å². The Morgan fingerprint density at radius 2 is 1.66 bits per heavy atom. The van der Waals surface area contributed by atoms with Crippen molar-refractivity contribution in [3.8, 4) is 28.4 Å². The van der Waals surface area contributed by atoms with Crippen LogP contribution in [-0.4, -0.2) is 27.9 Å². The van der Waals surface area contributed by atoms with Crippen molar-refractivity contribution in [2.75, 3.05) is 12.4 Å². The van der Waals surface area contributed by atoms with Crippen molar-refractivity contribution < 1.29 is 14.6 Å². The summed E-state index contributed by atoms with van der Waals surface area (Å²) in [6, 6.07) is 25.4. The van der Waals surface area contributed by atoms with Crippen molar-refractivity contribution in [1.82, 2.24) is 9.78 Å². The molecule has 0 fully saturated rings. The first kappa shape index (κ1) is 18.3. The number of carbonyl (C=O) groups excluding carboxylic acids is 1. The normalized spacial score (nSPS) is 10.5. The molecule has 0 saturated heterocycles. The Morgan fingerprint density at radius 3 is 2.34 bits per heavy atom. The summed E-state index contributed by atoms with van der Waals surface area (Å²) in [5.74, 6) is 0.340. The monoisotopic (exact) mass is 385 g/mol. The number of aromatic hydroxyl groups is 1. The van der Waals surface area contributed by atoms with E-state index in [1.165, 1.54) is 6.07 Å². The van der Waals surface area contributed by atoms with Gasteiger partial charge in [-0.25, -0.2) is 4.68 Å². The second-order valence-corrected chi connectivity index (χ2v) is 6.36. The summed E-state index contributed by atoms with van der Waals surface area (Å²) >= 11 is 0. The number of phenols is 1. The highest BCUT2D eigenvalue weighted by molar-refractivity contribution is 6.04. The lowest BCUT2D eigenvalue weighted by atomic mass is 10.1. The van der Waals surface area contributed by atoms with Gasteiger partial charge in [0.25, 0.3) is 5.91 Å². The second kappa shape index (κ2) is 7.90. The molecule has 0 aliphatic carbocycles. The molecule has 1 aromatic heterocycles. The standard InChI is InChI=1S/C23H19N3O3/c1-29-18-13-11-16(12-14-18)21-15-20(25-26(21)17-7-3-2-4-8-17)23(28)24-19-9-5-6-10-22(19)27/h2-15,27H,1H3,(H,24,28). The van der Waals surface area contributed by atoms with E-state index in [0.717, 1.165) is 22.7 Å². The highest BCUT2D eigenvalue weighted by Gasteiger charge is 2.18. The van der Waals surface area contributed by atoms with Gasteiger partial charge in [-0.2, -0.15) is 5.10 Å². The van der Waals surface area contributed by atoms with Gasteiger partial charge < -0.3 is 15.2 Å². The third-order valence-corrected chi connectivity index (χ3v) is 4.48. The molecule has 0 unspecified atom stereocenters. The van der Waals surface area contributed by atoms with Crippen LogP contribution in [0.4, 0.5) is 5.69 Å². The molecule has 0 radical (unpaired) electrons. The van der Waals surface area contributed by atoms with Gasteiger partial charge in [0, 0.05) is 5.56 Å². The summed E-state index contributed by atoms with van der Waals surface area (Å²) in [6.07, 6.45) is 0. The maximum Gasteiger partial charge on any atom is 0.276 e. The maximum atomic E-state index is 12.8. The Bertz CT molecular complexity index is 1140. The SMILES string of the molecule is COc1ccc(-c2cc(C(=O)Nc3ccccc3O)nn2-c2ccccc2)cc1. The highest BCUT2D eigenvalue weighted by Crippen LogP contribution is 2.27. The largest absolute Gasteiger partial charge is 0.506 e. The van der Waals surface area contributed by atoms with Crippen molar-refractivity contribution in [1.29, 1.82) is 0 Å². The molecule has 29 heavy (non-hydrogen) atoms. The average Bonchev–Trinajstić information content (AvgIpc) is 3.22. The Kier molecular flexibility index (Phi) is 4.99. The summed E-state index contributed by atoms with van der Waals surface area (Å²) in [6.45, 7) is 0. The molecular weight excluding hydrogens is 366 g/mol. The zero-order chi connectivity index (χ0) is 20.2. The number of para-hydroxylation sites is 3. The Morgan fingerprint density at radius 1 is 0.966 bits per heavy atom. The number of phenolic OH excluding ortho intramolecular Hbond substituents is 1. The molecule has 0 bridgehead atoms. The molecule has 0 aliphatic heterocycles. The van der Waals surface area contributed by atoms with Crippen LogP contribution >= 0.6 is 0 Å². The van der Waals surface area contributed by atoms with Gasteiger partial charge in [-0.3, -0.25) is 4.79 Å². The van der Waals surface area contributed by atoms with E-state index >= 15 is 0 Å². The summed E-state index contributed by atoms with van der Waals surface area (Å²) in [4.78, 5) is 12.8. The number of ether oxygens (including phenoxy) is 1. The molecule has 2 N–H and O–H groups in total. The lowest BCUT2D eigenvalue weighted by Crippen LogP contribution is -2.13. The van der Waals surface area contributed by atoms with Crippen molar-refractivity contribution in [2.45, 2.75) is 0 Å². The maximum absolute atomic E-state index is 12.8. The van der Waals surface area contributed by atoms with Crippen LogP contribution < -0.4 is 10.1 Å². The molecule has 0 spiro atoms. The summed E-state index contributed by atoms with van der Waals surface area (Å²) in [7, 11) is 1.62. The Labute approximate surface area is 168 Å². The molecule has 0 atom stereocenters. The smallest absolute Gasteiger partial charge is 0.276 e. The van der Waals surface area contributed by atoms with Crippen molar-refractivity contribution >= 4 is 11.6 Å². The summed E-state index contributed by atoms with van der Waals surface area (Å²) in [5, 5.41) is 17.1. The zero-order valence-corrected chi connectivity index (χ0v) is 15.7. The quantitative estimate of drug-likeness (QED) is 0.496. The lowest BCUT2D eigenvalue weighted by Gasteiger charge is -2.08. The van der Waals surface area contributed by atoms with E-state index in [4.69, 9.17) is 4.74 Å². The minimum Gasteiger partial charge on any atom is -0.506 e. The number of methoxy groups -OCH3 is 1. The minimum atomic E-state index is -0.407. The second-order valence-electron chi connectivity index (χ2n) is 6.36. The average molecular weight is 385 g/mol. The highest BCUT2D eigenvalue weighted by atomic mass is 16.5. The van der Waals surface area contributed by atoms with E-state index in [9.17, 15) is 9.90 Å². The number of nitrogens with one attached hydrogen (secondary N) is 1. The van der Waals surface area contributed by atoms with E-state index in [1.807, 2.05) is 54.6 Å². The molecule has 0 aliphatic rings. The lowest BCUT2D eigenvalue weighted by molar-refractivity contribution is 0.102. The van der Waals surface area contributed by atoms with Crippen LogP contribution in [0.15, 0.2) is 84.9 Å². The number of anilines is 1. The van der Waals surface area contributed by atoms with Crippen molar-refractivity contribution in [3.05, 3.63) is 90.6 Å². The van der Waals surface area contributed by atoms with Crippen molar-refractivity contribution in [2.24, 2.45) is 0 Å². The van der Waals surface area contributed by atoms with Crippen LogP contribution in [0.2, 0.25) is 0 Å². The van der Waals surface area contributed by atoms with E-state index in [2.05, 4.69) is 10.4 Å². The van der Waals surface area contributed by atoms with Gasteiger partial charge in [0.2, 0.25) is 0 Å². The predicted molar refractivity (Wildman–Crippen MR) is 112 cm³/mol. The van der Waals surface area contributed by atoms with E-state index in [1.54, 1.807) is 36.1 Å². The Balaban J connectivity index is 1.75. The molecule has 6 nitrogen and oxygen atoms in total. The van der Waals surface area contributed by atoms with Crippen LogP contribution in [0.1, 0.15) is 10.5 Å². The van der Waals surface area contributed by atoms with Crippen LogP contribution in [0.25, 0.3) is 16.9 Å². The molecule has 4 aromatic rings. The van der Waals surface area contributed by atoms with Crippen LogP contribution in [-0.2, 0) is 0 Å². The number of carbonyl (C=O) groups is 1. The number of hydrogen-bond donors (Lipinski definition) is 2. The predicted octanol–water partition coefficient (Wildman–Crippen LogP) is 4.51. The number of benzene rings is 3. The number of hydrogen-bond acceptors (Lipinski definition) is 4. The third-order valence-electron chi connectivity index (χ3n) is 4.48. The molecule has 6 heteroatoms. The number of amides is 1. The summed E-state index contributed by atoms with van der Waals surface area (Å²) in [5.41, 5.74) is 3.06. The van der Waals surface area contributed by atoms with Gasteiger partial charge in [0.15, 0.2) is 5.69 Å². The van der Waals surface area contributed by atoms with E-state index < -0.39 is 5.91 Å². The zero-order valence-electron chi connectivity index (χ0n) is 15.7. The molecular formula is C23H19N3O3. The fourth-order valence-corrected chi connectivity index (χ4v) is 2.99.